The van der Waals surface area contributed by atoms with Gasteiger partial charge in [-0.05, 0) is 32.3 Å². The predicted octanol–water partition coefficient (Wildman–Crippen LogP) is 1.21. The molecule has 2 heterocycles. The molecule has 0 saturated carbocycles. The second-order valence-electron chi connectivity index (χ2n) is 4.83. The van der Waals surface area contributed by atoms with Crippen molar-refractivity contribution in [2.45, 2.75) is 58.2 Å². The van der Waals surface area contributed by atoms with Crippen LogP contribution in [0.1, 0.15) is 38.1 Å². The lowest BCUT2D eigenvalue weighted by molar-refractivity contribution is -0.139. The zero-order chi connectivity index (χ0) is 13.1. The maximum Gasteiger partial charge on any atom is 0.320 e. The first-order valence-corrected chi connectivity index (χ1v) is 6.68. The molecule has 1 aliphatic heterocycles. The van der Waals surface area contributed by atoms with Crippen molar-refractivity contribution in [3.8, 4) is 0 Å². The van der Waals surface area contributed by atoms with Gasteiger partial charge in [-0.15, -0.1) is 0 Å². The Morgan fingerprint density at radius 3 is 2.89 bits per heavy atom. The lowest BCUT2D eigenvalue weighted by Gasteiger charge is -2.12. The number of carboxylic acid groups (broad SMARTS) is 1. The average Bonchev–Trinajstić information content (AvgIpc) is 2.96. The van der Waals surface area contributed by atoms with Crippen molar-refractivity contribution in [3.05, 3.63) is 17.5 Å². The van der Waals surface area contributed by atoms with Gasteiger partial charge in [0.25, 0.3) is 0 Å². The standard InChI is InChI=1S/C13H21N3O2/c1-3-9-7-11(16(4-2)15-9)8-10-5-6-12(14-10)13(17)18/h7,10,12,14H,3-6,8H2,1-2H3,(H,17,18). The normalized spacial score (nSPS) is 23.4. The minimum atomic E-state index is -0.740. The molecular formula is C13H21N3O2. The number of nitrogens with one attached hydrogen (secondary N) is 1. The van der Waals surface area contributed by atoms with Gasteiger partial charge in [-0.3, -0.25) is 9.48 Å². The highest BCUT2D eigenvalue weighted by Crippen LogP contribution is 2.17. The number of hydrogen-bond acceptors (Lipinski definition) is 3. The van der Waals surface area contributed by atoms with Crippen molar-refractivity contribution in [3.63, 3.8) is 0 Å². The highest BCUT2D eigenvalue weighted by molar-refractivity contribution is 5.73. The number of rotatable bonds is 5. The van der Waals surface area contributed by atoms with E-state index < -0.39 is 5.97 Å². The summed E-state index contributed by atoms with van der Waals surface area (Å²) in [5.41, 5.74) is 2.32. The first kappa shape index (κ1) is 13.1. The van der Waals surface area contributed by atoms with E-state index in [9.17, 15) is 4.79 Å². The third kappa shape index (κ3) is 2.72. The Morgan fingerprint density at radius 2 is 2.33 bits per heavy atom. The van der Waals surface area contributed by atoms with E-state index in [0.717, 1.165) is 37.9 Å². The number of hydrogen-bond donors (Lipinski definition) is 2. The molecular weight excluding hydrogens is 230 g/mol. The van der Waals surface area contributed by atoms with E-state index in [0.29, 0.717) is 0 Å². The summed E-state index contributed by atoms with van der Waals surface area (Å²) in [7, 11) is 0. The molecule has 1 fully saturated rings. The minimum absolute atomic E-state index is 0.262. The van der Waals surface area contributed by atoms with E-state index in [-0.39, 0.29) is 12.1 Å². The van der Waals surface area contributed by atoms with Crippen LogP contribution in [-0.4, -0.2) is 32.9 Å². The molecule has 0 spiro atoms. The minimum Gasteiger partial charge on any atom is -0.480 e. The molecule has 0 aromatic carbocycles. The van der Waals surface area contributed by atoms with E-state index in [1.54, 1.807) is 0 Å². The van der Waals surface area contributed by atoms with Crippen LogP contribution in [0.15, 0.2) is 6.07 Å². The summed E-state index contributed by atoms with van der Waals surface area (Å²) >= 11 is 0. The van der Waals surface area contributed by atoms with Crippen molar-refractivity contribution in [1.82, 2.24) is 15.1 Å². The molecule has 1 aromatic rings. The van der Waals surface area contributed by atoms with Crippen LogP contribution in [0.5, 0.6) is 0 Å². The third-order valence-electron chi connectivity index (χ3n) is 3.57. The van der Waals surface area contributed by atoms with Gasteiger partial charge in [-0.25, -0.2) is 0 Å². The van der Waals surface area contributed by atoms with Gasteiger partial charge < -0.3 is 10.4 Å². The van der Waals surface area contributed by atoms with Gasteiger partial charge >= 0.3 is 5.97 Å². The molecule has 5 nitrogen and oxygen atoms in total. The molecule has 2 unspecified atom stereocenters. The Kier molecular flexibility index (Phi) is 4.01. The molecule has 2 rings (SSSR count). The third-order valence-corrected chi connectivity index (χ3v) is 3.57. The molecule has 0 amide bonds. The summed E-state index contributed by atoms with van der Waals surface area (Å²) in [5, 5.41) is 16.7. The molecule has 1 saturated heterocycles. The Bertz CT molecular complexity index is 428. The lowest BCUT2D eigenvalue weighted by Crippen LogP contribution is -2.36. The Hall–Kier alpha value is -1.36. The van der Waals surface area contributed by atoms with Crippen LogP contribution in [0.25, 0.3) is 0 Å². The summed E-state index contributed by atoms with van der Waals surface area (Å²) in [6, 6.07) is 2.02. The topological polar surface area (TPSA) is 67.2 Å². The summed E-state index contributed by atoms with van der Waals surface area (Å²) in [6.45, 7) is 5.04. The lowest BCUT2D eigenvalue weighted by atomic mass is 10.1. The molecule has 0 bridgehead atoms. The predicted molar refractivity (Wildman–Crippen MR) is 68.6 cm³/mol. The van der Waals surface area contributed by atoms with Crippen molar-refractivity contribution in [1.29, 1.82) is 0 Å². The van der Waals surface area contributed by atoms with Crippen molar-refractivity contribution >= 4 is 5.97 Å². The van der Waals surface area contributed by atoms with E-state index >= 15 is 0 Å². The van der Waals surface area contributed by atoms with Crippen LogP contribution in [0.2, 0.25) is 0 Å². The number of aryl methyl sites for hydroxylation is 2. The molecule has 100 valence electrons. The highest BCUT2D eigenvalue weighted by atomic mass is 16.4. The fraction of sp³-hybridized carbons (Fsp3) is 0.692. The van der Waals surface area contributed by atoms with Gasteiger partial charge in [0.15, 0.2) is 0 Å². The maximum absolute atomic E-state index is 10.9. The zero-order valence-electron chi connectivity index (χ0n) is 11.0. The first-order chi connectivity index (χ1) is 8.63. The van der Waals surface area contributed by atoms with E-state index in [4.69, 9.17) is 5.11 Å². The summed E-state index contributed by atoms with van der Waals surface area (Å²) < 4.78 is 2.02. The van der Waals surface area contributed by atoms with Crippen LogP contribution in [-0.2, 0) is 24.2 Å². The summed E-state index contributed by atoms with van der Waals surface area (Å²) in [4.78, 5) is 10.9. The molecule has 18 heavy (non-hydrogen) atoms. The molecule has 2 atom stereocenters. The summed E-state index contributed by atoms with van der Waals surface area (Å²) in [5.74, 6) is -0.740. The average molecular weight is 251 g/mol. The van der Waals surface area contributed by atoms with Gasteiger partial charge in [-0.2, -0.15) is 5.10 Å². The van der Waals surface area contributed by atoms with Gasteiger partial charge in [0.2, 0.25) is 0 Å². The van der Waals surface area contributed by atoms with E-state index in [2.05, 4.69) is 30.3 Å². The maximum atomic E-state index is 10.9. The fourth-order valence-electron chi connectivity index (χ4n) is 2.55. The second-order valence-corrected chi connectivity index (χ2v) is 4.83. The number of aromatic nitrogens is 2. The molecule has 1 aromatic heterocycles. The van der Waals surface area contributed by atoms with E-state index in [1.165, 1.54) is 5.69 Å². The van der Waals surface area contributed by atoms with Crippen LogP contribution >= 0.6 is 0 Å². The van der Waals surface area contributed by atoms with Crippen molar-refractivity contribution in [2.75, 3.05) is 0 Å². The highest BCUT2D eigenvalue weighted by Gasteiger charge is 2.29. The number of carbonyl (C=O) groups is 1. The largest absolute Gasteiger partial charge is 0.480 e. The van der Waals surface area contributed by atoms with Crippen molar-refractivity contribution in [2.24, 2.45) is 0 Å². The first-order valence-electron chi connectivity index (χ1n) is 6.68. The smallest absolute Gasteiger partial charge is 0.320 e. The molecule has 1 aliphatic rings. The Balaban J connectivity index is 2.01. The van der Waals surface area contributed by atoms with Crippen LogP contribution in [0, 0.1) is 0 Å². The van der Waals surface area contributed by atoms with Gasteiger partial charge in [0, 0.05) is 24.7 Å². The van der Waals surface area contributed by atoms with Gasteiger partial charge in [-0.1, -0.05) is 6.92 Å². The zero-order valence-corrected chi connectivity index (χ0v) is 11.0. The van der Waals surface area contributed by atoms with Crippen LogP contribution < -0.4 is 5.32 Å². The number of nitrogens with zero attached hydrogens (tertiary/aromatic N) is 2. The number of carboxylic acids is 1. The Morgan fingerprint density at radius 1 is 1.56 bits per heavy atom. The van der Waals surface area contributed by atoms with Crippen LogP contribution in [0.3, 0.4) is 0 Å². The summed E-state index contributed by atoms with van der Waals surface area (Å²) in [6.07, 6.45) is 3.45. The van der Waals surface area contributed by atoms with Crippen molar-refractivity contribution < 1.29 is 9.90 Å². The second kappa shape index (κ2) is 5.52. The monoisotopic (exact) mass is 251 g/mol. The molecule has 2 N–H and O–H groups in total. The Labute approximate surface area is 107 Å². The SMILES string of the molecule is CCc1cc(CC2CCC(C(=O)O)N2)n(CC)n1. The quantitative estimate of drug-likeness (QED) is 0.825. The van der Waals surface area contributed by atoms with Crippen LogP contribution in [0.4, 0.5) is 0 Å². The van der Waals surface area contributed by atoms with E-state index in [1.807, 2.05) is 4.68 Å². The van der Waals surface area contributed by atoms with Gasteiger partial charge in [0.05, 0.1) is 5.69 Å². The number of aliphatic carboxylic acids is 1. The van der Waals surface area contributed by atoms with Gasteiger partial charge in [0.1, 0.15) is 6.04 Å². The molecule has 5 heteroatoms. The molecule has 0 radical (unpaired) electrons. The molecule has 0 aliphatic carbocycles. The fourth-order valence-corrected chi connectivity index (χ4v) is 2.55.